The van der Waals surface area contributed by atoms with Crippen LogP contribution in [0.25, 0.3) is 11.3 Å². The first-order chi connectivity index (χ1) is 13.1. The Morgan fingerprint density at radius 1 is 1.48 bits per heavy atom. The highest BCUT2D eigenvalue weighted by molar-refractivity contribution is 7.16. The van der Waals surface area contributed by atoms with E-state index in [1.165, 1.54) is 11.3 Å². The summed E-state index contributed by atoms with van der Waals surface area (Å²) in [5, 5.41) is 3.56. The Kier molecular flexibility index (Phi) is 4.70. The number of carbonyl (C=O) groups is 2. The molecule has 7 heteroatoms. The molecule has 1 aliphatic heterocycles. The molecule has 1 N–H and O–H groups in total. The Morgan fingerprint density at radius 2 is 2.30 bits per heavy atom. The average molecular weight is 383 g/mol. The van der Waals surface area contributed by atoms with Crippen LogP contribution >= 0.6 is 11.3 Å². The highest BCUT2D eigenvalue weighted by atomic mass is 32.1. The highest BCUT2D eigenvalue weighted by Gasteiger charge is 2.27. The molecule has 0 bridgehead atoms. The van der Waals surface area contributed by atoms with Crippen molar-refractivity contribution in [2.75, 3.05) is 23.4 Å². The zero-order valence-electron chi connectivity index (χ0n) is 15.2. The number of aryl methyl sites for hydroxylation is 1. The van der Waals surface area contributed by atoms with Gasteiger partial charge >= 0.3 is 0 Å². The molecule has 0 spiro atoms. The van der Waals surface area contributed by atoms with Crippen LogP contribution in [-0.2, 0) is 9.59 Å². The van der Waals surface area contributed by atoms with Gasteiger partial charge in [-0.2, -0.15) is 0 Å². The van der Waals surface area contributed by atoms with Gasteiger partial charge in [-0.1, -0.05) is 12.5 Å². The van der Waals surface area contributed by atoms with Gasteiger partial charge in [0.25, 0.3) is 5.91 Å². The van der Waals surface area contributed by atoms with Crippen LogP contribution in [0.15, 0.2) is 30.9 Å². The van der Waals surface area contributed by atoms with E-state index in [-0.39, 0.29) is 24.3 Å². The standard InChI is InChI=1S/C20H21N3O3S/c1-3-9-23-15-10-14(7-8-16(15)26-11-17(23)24)18-12(2)27-20(21-18)22-19(25)13-5-4-6-13/h3,7-8,10,13H,1,4-6,9,11H2,2H3,(H,21,22,25). The minimum Gasteiger partial charge on any atom is -0.482 e. The van der Waals surface area contributed by atoms with E-state index in [4.69, 9.17) is 4.74 Å². The largest absolute Gasteiger partial charge is 0.482 e. The summed E-state index contributed by atoms with van der Waals surface area (Å²) in [5.41, 5.74) is 2.42. The number of nitrogens with one attached hydrogen (secondary N) is 1. The maximum absolute atomic E-state index is 12.2. The molecule has 1 fully saturated rings. The summed E-state index contributed by atoms with van der Waals surface area (Å²) in [6.45, 7) is 6.17. The Labute approximate surface area is 161 Å². The second-order valence-corrected chi connectivity index (χ2v) is 8.01. The lowest BCUT2D eigenvalue weighted by molar-refractivity contribution is -0.122. The number of fused-ring (bicyclic) bond motifs is 1. The summed E-state index contributed by atoms with van der Waals surface area (Å²) in [7, 11) is 0. The maximum Gasteiger partial charge on any atom is 0.265 e. The molecule has 1 saturated carbocycles. The molecule has 2 aromatic rings. The Hall–Kier alpha value is -2.67. The molecule has 2 heterocycles. The van der Waals surface area contributed by atoms with E-state index in [0.29, 0.717) is 17.4 Å². The zero-order valence-corrected chi connectivity index (χ0v) is 16.0. The second kappa shape index (κ2) is 7.15. The van der Waals surface area contributed by atoms with Crippen LogP contribution in [-0.4, -0.2) is 29.9 Å². The smallest absolute Gasteiger partial charge is 0.265 e. The van der Waals surface area contributed by atoms with Crippen LogP contribution in [0.5, 0.6) is 5.75 Å². The number of rotatable bonds is 5. The van der Waals surface area contributed by atoms with Crippen molar-refractivity contribution in [1.82, 2.24) is 4.98 Å². The van der Waals surface area contributed by atoms with Gasteiger partial charge in [0.15, 0.2) is 11.7 Å². The van der Waals surface area contributed by atoms with Crippen molar-refractivity contribution in [2.24, 2.45) is 5.92 Å². The fourth-order valence-electron chi connectivity index (χ4n) is 3.27. The van der Waals surface area contributed by atoms with E-state index >= 15 is 0 Å². The van der Waals surface area contributed by atoms with Crippen LogP contribution in [0.1, 0.15) is 24.1 Å². The molecule has 6 nitrogen and oxygen atoms in total. The number of carbonyl (C=O) groups excluding carboxylic acids is 2. The summed E-state index contributed by atoms with van der Waals surface area (Å²) in [5.74, 6) is 0.759. The number of ether oxygens (including phenoxy) is 1. The minimum atomic E-state index is -0.0944. The fourth-order valence-corrected chi connectivity index (χ4v) is 4.11. The van der Waals surface area contributed by atoms with Gasteiger partial charge in [0.05, 0.1) is 11.4 Å². The Morgan fingerprint density at radius 3 is 3.00 bits per heavy atom. The van der Waals surface area contributed by atoms with E-state index in [2.05, 4.69) is 16.9 Å². The van der Waals surface area contributed by atoms with Gasteiger partial charge in [0.2, 0.25) is 5.91 Å². The molecule has 4 rings (SSSR count). The molecule has 0 saturated heterocycles. The van der Waals surface area contributed by atoms with Crippen molar-refractivity contribution in [2.45, 2.75) is 26.2 Å². The Balaban J connectivity index is 1.63. The molecule has 27 heavy (non-hydrogen) atoms. The summed E-state index contributed by atoms with van der Waals surface area (Å²) in [4.78, 5) is 31.7. The van der Waals surface area contributed by atoms with Crippen molar-refractivity contribution in [3.63, 3.8) is 0 Å². The molecule has 0 unspecified atom stereocenters. The quantitative estimate of drug-likeness (QED) is 0.798. The number of nitrogens with zero attached hydrogens (tertiary/aromatic N) is 2. The number of hydrogen-bond acceptors (Lipinski definition) is 5. The van der Waals surface area contributed by atoms with Crippen molar-refractivity contribution in [1.29, 1.82) is 0 Å². The van der Waals surface area contributed by atoms with Crippen molar-refractivity contribution in [3.8, 4) is 17.0 Å². The minimum absolute atomic E-state index is 0.0350. The lowest BCUT2D eigenvalue weighted by atomic mass is 9.85. The van der Waals surface area contributed by atoms with Gasteiger partial charge < -0.3 is 15.0 Å². The van der Waals surface area contributed by atoms with Crippen LogP contribution in [0.4, 0.5) is 10.8 Å². The third-order valence-electron chi connectivity index (χ3n) is 4.99. The van der Waals surface area contributed by atoms with Gasteiger partial charge in [-0.3, -0.25) is 9.59 Å². The van der Waals surface area contributed by atoms with Crippen molar-refractivity contribution >= 4 is 34.0 Å². The van der Waals surface area contributed by atoms with Crippen LogP contribution in [0.2, 0.25) is 0 Å². The van der Waals surface area contributed by atoms with E-state index < -0.39 is 0 Å². The maximum atomic E-state index is 12.2. The van der Waals surface area contributed by atoms with Gasteiger partial charge in [-0.05, 0) is 38.0 Å². The van der Waals surface area contributed by atoms with Crippen molar-refractivity contribution in [3.05, 3.63) is 35.7 Å². The molecule has 0 radical (unpaired) electrons. The Bertz CT molecular complexity index is 917. The third-order valence-corrected chi connectivity index (χ3v) is 5.88. The molecule has 1 aromatic heterocycles. The second-order valence-electron chi connectivity index (χ2n) is 6.81. The monoisotopic (exact) mass is 383 g/mol. The van der Waals surface area contributed by atoms with E-state index in [9.17, 15) is 9.59 Å². The third kappa shape index (κ3) is 3.35. The summed E-state index contributed by atoms with van der Waals surface area (Å²) in [6.07, 6.45) is 4.74. The van der Waals surface area contributed by atoms with Gasteiger partial charge in [-0.15, -0.1) is 17.9 Å². The number of anilines is 2. The fraction of sp³-hybridized carbons (Fsp3) is 0.350. The molecule has 1 aliphatic carbocycles. The predicted molar refractivity (Wildman–Crippen MR) is 106 cm³/mol. The van der Waals surface area contributed by atoms with Gasteiger partial charge in [0.1, 0.15) is 5.75 Å². The lowest BCUT2D eigenvalue weighted by Gasteiger charge is -2.28. The summed E-state index contributed by atoms with van der Waals surface area (Å²) >= 11 is 1.47. The number of benzene rings is 1. The van der Waals surface area contributed by atoms with Gasteiger partial charge in [0, 0.05) is 22.9 Å². The van der Waals surface area contributed by atoms with Crippen LogP contribution in [0, 0.1) is 12.8 Å². The van der Waals surface area contributed by atoms with E-state index in [0.717, 1.165) is 41.1 Å². The predicted octanol–water partition coefficient (Wildman–Crippen LogP) is 3.77. The van der Waals surface area contributed by atoms with E-state index in [1.807, 2.05) is 25.1 Å². The first-order valence-electron chi connectivity index (χ1n) is 9.03. The zero-order chi connectivity index (χ0) is 19.0. The van der Waals surface area contributed by atoms with E-state index in [1.54, 1.807) is 11.0 Å². The molecular weight excluding hydrogens is 362 g/mol. The number of amides is 2. The van der Waals surface area contributed by atoms with Gasteiger partial charge in [-0.25, -0.2) is 4.98 Å². The van der Waals surface area contributed by atoms with Crippen molar-refractivity contribution < 1.29 is 14.3 Å². The molecule has 140 valence electrons. The average Bonchev–Trinajstić information content (AvgIpc) is 2.95. The first-order valence-corrected chi connectivity index (χ1v) is 9.85. The van der Waals surface area contributed by atoms with Crippen LogP contribution in [0.3, 0.4) is 0 Å². The molecule has 2 aliphatic rings. The molecule has 0 atom stereocenters. The molecule has 1 aromatic carbocycles. The molecule has 2 amide bonds. The number of thiazole rings is 1. The lowest BCUT2D eigenvalue weighted by Crippen LogP contribution is -2.38. The first kappa shape index (κ1) is 17.7. The summed E-state index contributed by atoms with van der Waals surface area (Å²) in [6, 6.07) is 5.70. The highest BCUT2D eigenvalue weighted by Crippen LogP contribution is 2.38. The summed E-state index contributed by atoms with van der Waals surface area (Å²) < 4.78 is 5.54. The molecular formula is C20H21N3O3S. The SMILES string of the molecule is C=CCN1C(=O)COc2ccc(-c3nc(NC(=O)C4CCC4)sc3C)cc21. The number of hydrogen-bond donors (Lipinski definition) is 1. The number of aromatic nitrogens is 1. The normalized spacial score (nSPS) is 16.3. The topological polar surface area (TPSA) is 71.5 Å². The van der Waals surface area contributed by atoms with Crippen LogP contribution < -0.4 is 15.0 Å².